The molecule has 0 bridgehead atoms. The van der Waals surface area contributed by atoms with Gasteiger partial charge in [-0.15, -0.1) is 0 Å². The zero-order valence-corrected chi connectivity index (χ0v) is 12.9. The SMILES string of the molecule is O=C(CC(=O)Nc1ccccc1C(F)(F)F)Nc1ccc(Cl)cc1. The highest BCUT2D eigenvalue weighted by Gasteiger charge is 2.33. The average Bonchev–Trinajstić information content (AvgIpc) is 2.49. The van der Waals surface area contributed by atoms with E-state index in [1.807, 2.05) is 0 Å². The molecule has 0 fully saturated rings. The summed E-state index contributed by atoms with van der Waals surface area (Å²) >= 11 is 5.71. The number of carbonyl (C=O) groups excluding carboxylic acids is 2. The Labute approximate surface area is 140 Å². The van der Waals surface area contributed by atoms with Crippen molar-refractivity contribution >= 4 is 34.8 Å². The Hall–Kier alpha value is -2.54. The molecule has 2 aromatic carbocycles. The van der Waals surface area contributed by atoms with Crippen LogP contribution in [0.15, 0.2) is 48.5 Å². The van der Waals surface area contributed by atoms with Crippen molar-refractivity contribution in [2.24, 2.45) is 0 Å². The summed E-state index contributed by atoms with van der Waals surface area (Å²) in [7, 11) is 0. The van der Waals surface area contributed by atoms with Crippen LogP contribution < -0.4 is 10.6 Å². The van der Waals surface area contributed by atoms with E-state index in [-0.39, 0.29) is 0 Å². The van der Waals surface area contributed by atoms with Gasteiger partial charge in [-0.25, -0.2) is 0 Å². The van der Waals surface area contributed by atoms with Crippen LogP contribution in [-0.4, -0.2) is 11.8 Å². The number of alkyl halides is 3. The Morgan fingerprint density at radius 3 is 2.12 bits per heavy atom. The molecule has 0 aromatic heterocycles. The molecule has 2 aromatic rings. The number of carbonyl (C=O) groups is 2. The van der Waals surface area contributed by atoms with Crippen molar-refractivity contribution in [2.75, 3.05) is 10.6 Å². The first kappa shape index (κ1) is 17.8. The molecule has 0 saturated carbocycles. The molecule has 2 N–H and O–H groups in total. The average molecular weight is 357 g/mol. The Bertz CT molecular complexity index is 746. The third kappa shape index (κ3) is 4.99. The number of amides is 2. The van der Waals surface area contributed by atoms with Gasteiger partial charge in [0, 0.05) is 10.7 Å². The molecule has 126 valence electrons. The van der Waals surface area contributed by atoms with Crippen LogP contribution in [0, 0.1) is 0 Å². The van der Waals surface area contributed by atoms with Crippen molar-refractivity contribution in [3.8, 4) is 0 Å². The van der Waals surface area contributed by atoms with Crippen molar-refractivity contribution in [1.82, 2.24) is 0 Å². The van der Waals surface area contributed by atoms with Crippen molar-refractivity contribution in [2.45, 2.75) is 12.6 Å². The molecular formula is C16H12ClF3N2O2. The number of rotatable bonds is 4. The number of halogens is 4. The van der Waals surface area contributed by atoms with Crippen molar-refractivity contribution in [3.63, 3.8) is 0 Å². The highest BCUT2D eigenvalue weighted by atomic mass is 35.5. The smallest absolute Gasteiger partial charge is 0.326 e. The number of benzene rings is 2. The van der Waals surface area contributed by atoms with Crippen LogP contribution in [0.3, 0.4) is 0 Å². The number of hydrogen-bond donors (Lipinski definition) is 2. The highest BCUT2D eigenvalue weighted by molar-refractivity contribution is 6.30. The van der Waals surface area contributed by atoms with E-state index in [4.69, 9.17) is 11.6 Å². The molecule has 2 rings (SSSR count). The zero-order valence-electron chi connectivity index (χ0n) is 12.2. The maximum Gasteiger partial charge on any atom is 0.418 e. The highest BCUT2D eigenvalue weighted by Crippen LogP contribution is 2.34. The van der Waals surface area contributed by atoms with Crippen LogP contribution in [0.1, 0.15) is 12.0 Å². The molecule has 0 spiro atoms. The van der Waals surface area contributed by atoms with Gasteiger partial charge in [0.05, 0.1) is 11.3 Å². The van der Waals surface area contributed by atoms with Crippen LogP contribution in [0.2, 0.25) is 5.02 Å². The van der Waals surface area contributed by atoms with Gasteiger partial charge in [0.1, 0.15) is 6.42 Å². The van der Waals surface area contributed by atoms with E-state index < -0.39 is 35.7 Å². The maximum atomic E-state index is 12.8. The molecule has 0 heterocycles. The summed E-state index contributed by atoms with van der Waals surface area (Å²) in [4.78, 5) is 23.5. The summed E-state index contributed by atoms with van der Waals surface area (Å²) in [6.45, 7) is 0. The topological polar surface area (TPSA) is 58.2 Å². The van der Waals surface area contributed by atoms with Gasteiger partial charge in [-0.3, -0.25) is 9.59 Å². The van der Waals surface area contributed by atoms with E-state index in [9.17, 15) is 22.8 Å². The quantitative estimate of drug-likeness (QED) is 0.801. The van der Waals surface area contributed by atoms with E-state index in [2.05, 4.69) is 10.6 Å². The lowest BCUT2D eigenvalue weighted by molar-refractivity contribution is -0.137. The van der Waals surface area contributed by atoms with Crippen molar-refractivity contribution in [1.29, 1.82) is 0 Å². The first-order valence-corrected chi connectivity index (χ1v) is 7.15. The molecule has 2 amide bonds. The molecule has 0 aliphatic heterocycles. The van der Waals surface area contributed by atoms with E-state index in [1.54, 1.807) is 12.1 Å². The first-order valence-electron chi connectivity index (χ1n) is 6.77. The van der Waals surface area contributed by atoms with Gasteiger partial charge < -0.3 is 10.6 Å². The fourth-order valence-electron chi connectivity index (χ4n) is 1.92. The molecule has 0 aliphatic rings. The number of para-hydroxylation sites is 1. The van der Waals surface area contributed by atoms with E-state index in [0.29, 0.717) is 10.7 Å². The van der Waals surface area contributed by atoms with Gasteiger partial charge in [-0.2, -0.15) is 13.2 Å². The molecule has 4 nitrogen and oxygen atoms in total. The fraction of sp³-hybridized carbons (Fsp3) is 0.125. The Morgan fingerprint density at radius 2 is 1.50 bits per heavy atom. The Kier molecular flexibility index (Phi) is 5.46. The van der Waals surface area contributed by atoms with Crippen LogP contribution in [0.5, 0.6) is 0 Å². The van der Waals surface area contributed by atoms with Gasteiger partial charge in [0.25, 0.3) is 0 Å². The lowest BCUT2D eigenvalue weighted by Gasteiger charge is -2.13. The van der Waals surface area contributed by atoms with E-state index in [0.717, 1.165) is 12.1 Å². The number of nitrogens with one attached hydrogen (secondary N) is 2. The summed E-state index contributed by atoms with van der Waals surface area (Å²) in [5.41, 5.74) is -0.946. The van der Waals surface area contributed by atoms with Gasteiger partial charge in [-0.05, 0) is 36.4 Å². The van der Waals surface area contributed by atoms with Gasteiger partial charge >= 0.3 is 6.18 Å². The second-order valence-corrected chi connectivity index (χ2v) is 5.26. The van der Waals surface area contributed by atoms with Gasteiger partial charge in [0.15, 0.2) is 0 Å². The summed E-state index contributed by atoms with van der Waals surface area (Å²) in [6, 6.07) is 10.7. The predicted octanol–water partition coefficient (Wildman–Crippen LogP) is 4.33. The second-order valence-electron chi connectivity index (χ2n) is 4.82. The van der Waals surface area contributed by atoms with Gasteiger partial charge in [0.2, 0.25) is 11.8 Å². The largest absolute Gasteiger partial charge is 0.418 e. The molecule has 0 radical (unpaired) electrons. The zero-order chi connectivity index (χ0) is 17.7. The number of hydrogen-bond acceptors (Lipinski definition) is 2. The summed E-state index contributed by atoms with van der Waals surface area (Å²) in [6.07, 6.45) is -5.22. The standard InChI is InChI=1S/C16H12ClF3N2O2/c17-10-5-7-11(8-6-10)21-14(23)9-15(24)22-13-4-2-1-3-12(13)16(18,19)20/h1-8H,9H2,(H,21,23)(H,22,24). The van der Waals surface area contributed by atoms with Crippen LogP contribution in [0.4, 0.5) is 24.5 Å². The minimum Gasteiger partial charge on any atom is -0.326 e. The minimum absolute atomic E-state index is 0.394. The lowest BCUT2D eigenvalue weighted by atomic mass is 10.1. The van der Waals surface area contributed by atoms with E-state index in [1.165, 1.54) is 24.3 Å². The fourth-order valence-corrected chi connectivity index (χ4v) is 2.04. The molecule has 24 heavy (non-hydrogen) atoms. The minimum atomic E-state index is -4.60. The molecule has 0 unspecified atom stereocenters. The predicted molar refractivity (Wildman–Crippen MR) is 84.8 cm³/mol. The first-order chi connectivity index (χ1) is 11.3. The molecule has 8 heteroatoms. The second kappa shape index (κ2) is 7.35. The van der Waals surface area contributed by atoms with E-state index >= 15 is 0 Å². The lowest BCUT2D eigenvalue weighted by Crippen LogP contribution is -2.22. The van der Waals surface area contributed by atoms with Crippen LogP contribution in [-0.2, 0) is 15.8 Å². The summed E-state index contributed by atoms with van der Waals surface area (Å²) in [5.74, 6) is -1.50. The van der Waals surface area contributed by atoms with Crippen molar-refractivity contribution in [3.05, 3.63) is 59.1 Å². The summed E-state index contributed by atoms with van der Waals surface area (Å²) < 4.78 is 38.5. The third-order valence-electron chi connectivity index (χ3n) is 2.96. The molecule has 0 saturated heterocycles. The molecule has 0 atom stereocenters. The maximum absolute atomic E-state index is 12.8. The van der Waals surface area contributed by atoms with Crippen LogP contribution in [0.25, 0.3) is 0 Å². The number of anilines is 2. The monoisotopic (exact) mass is 356 g/mol. The Balaban J connectivity index is 1.98. The Morgan fingerprint density at radius 1 is 0.917 bits per heavy atom. The normalized spacial score (nSPS) is 11.0. The molecular weight excluding hydrogens is 345 g/mol. The van der Waals surface area contributed by atoms with Gasteiger partial charge in [-0.1, -0.05) is 23.7 Å². The van der Waals surface area contributed by atoms with Crippen LogP contribution >= 0.6 is 11.6 Å². The molecule has 0 aliphatic carbocycles. The summed E-state index contributed by atoms with van der Waals surface area (Å²) in [5, 5.41) is 5.03. The third-order valence-corrected chi connectivity index (χ3v) is 3.21. The van der Waals surface area contributed by atoms with Crippen molar-refractivity contribution < 1.29 is 22.8 Å².